The molecule has 1 amide bonds. The zero-order valence-corrected chi connectivity index (χ0v) is 19.1. The summed E-state index contributed by atoms with van der Waals surface area (Å²) in [5.41, 5.74) is 1.06. The van der Waals surface area contributed by atoms with Crippen molar-refractivity contribution in [2.45, 2.75) is 31.2 Å². The van der Waals surface area contributed by atoms with Gasteiger partial charge in [-0.15, -0.1) is 0 Å². The summed E-state index contributed by atoms with van der Waals surface area (Å²) < 4.78 is 34.8. The van der Waals surface area contributed by atoms with Gasteiger partial charge in [0.15, 0.2) is 5.16 Å². The van der Waals surface area contributed by atoms with Crippen molar-refractivity contribution in [1.29, 1.82) is 0 Å². The highest BCUT2D eigenvalue weighted by molar-refractivity contribution is 7.99. The number of hydrogen-bond donors (Lipinski definition) is 1. The van der Waals surface area contributed by atoms with Gasteiger partial charge in [-0.1, -0.05) is 36.0 Å². The molecule has 0 aliphatic rings. The lowest BCUT2D eigenvalue weighted by molar-refractivity contribution is -0.140. The van der Waals surface area contributed by atoms with E-state index in [-0.39, 0.29) is 35.9 Å². The monoisotopic (exact) mass is 491 g/mol. The van der Waals surface area contributed by atoms with Gasteiger partial charge in [0.1, 0.15) is 5.75 Å². The quantitative estimate of drug-likeness (QED) is 0.250. The van der Waals surface area contributed by atoms with E-state index in [0.29, 0.717) is 29.0 Å². The molecule has 11 heteroatoms. The van der Waals surface area contributed by atoms with Crippen LogP contribution in [0, 0.1) is 0 Å². The molecule has 0 saturated heterocycles. The van der Waals surface area contributed by atoms with Crippen molar-refractivity contribution >= 4 is 34.5 Å². The summed E-state index contributed by atoms with van der Waals surface area (Å²) in [6, 6.07) is 13.1. The average Bonchev–Trinajstić information content (AvgIpc) is 2.83. The normalized spacial score (nSPS) is 10.9. The van der Waals surface area contributed by atoms with E-state index in [2.05, 4.69) is 19.8 Å². The highest BCUT2D eigenvalue weighted by Gasteiger charge is 2.14. The first-order valence-electron chi connectivity index (χ1n) is 10.4. The molecule has 0 spiro atoms. The van der Waals surface area contributed by atoms with E-state index in [1.54, 1.807) is 36.4 Å². The lowest BCUT2D eigenvalue weighted by atomic mass is 10.1. The number of hydrogen-bond acceptors (Lipinski definition) is 7. The van der Waals surface area contributed by atoms with E-state index in [1.807, 2.05) is 0 Å². The minimum Gasteiger partial charge on any atom is -0.469 e. The number of halogens is 2. The number of amides is 1. The van der Waals surface area contributed by atoms with Crippen LogP contribution in [-0.4, -0.2) is 47.4 Å². The van der Waals surface area contributed by atoms with E-state index in [4.69, 9.17) is 0 Å². The number of thioether (sulfide) groups is 1. The molecule has 1 N–H and O–H groups in total. The molecular weight excluding hydrogens is 468 g/mol. The number of para-hydroxylation sites is 1. The molecule has 0 bridgehead atoms. The first kappa shape index (κ1) is 25.2. The maximum absolute atomic E-state index is 12.9. The first-order valence-corrected chi connectivity index (χ1v) is 11.4. The maximum atomic E-state index is 12.9. The lowest BCUT2D eigenvalue weighted by Crippen LogP contribution is -2.29. The van der Waals surface area contributed by atoms with Crippen LogP contribution in [0.4, 0.5) is 8.78 Å². The second kappa shape index (κ2) is 12.1. The van der Waals surface area contributed by atoms with Crippen molar-refractivity contribution in [3.8, 4) is 5.75 Å². The Kier molecular flexibility index (Phi) is 8.97. The molecule has 0 aliphatic carbocycles. The topological polar surface area (TPSA) is 99.5 Å². The van der Waals surface area contributed by atoms with Gasteiger partial charge >= 0.3 is 12.6 Å². The molecule has 0 radical (unpaired) electrons. The number of fused-ring (bicyclic) bond motifs is 1. The summed E-state index contributed by atoms with van der Waals surface area (Å²) in [5.74, 6) is -0.628. The van der Waals surface area contributed by atoms with Gasteiger partial charge in [-0.2, -0.15) is 8.78 Å². The largest absolute Gasteiger partial charge is 0.469 e. The fourth-order valence-electron chi connectivity index (χ4n) is 3.13. The Bertz CT molecular complexity index is 1200. The van der Waals surface area contributed by atoms with Gasteiger partial charge in [-0.3, -0.25) is 19.0 Å². The van der Waals surface area contributed by atoms with Gasteiger partial charge < -0.3 is 14.8 Å². The SMILES string of the molecule is COC(=O)CCn1c(SCC(=O)NCCc2ccc(OC(F)F)cc2)nc2ccccc2c1=O. The van der Waals surface area contributed by atoms with Gasteiger partial charge in [0.2, 0.25) is 5.91 Å². The summed E-state index contributed by atoms with van der Waals surface area (Å²) in [7, 11) is 1.27. The summed E-state index contributed by atoms with van der Waals surface area (Å²) in [4.78, 5) is 41.3. The van der Waals surface area contributed by atoms with Gasteiger partial charge in [0.25, 0.3) is 5.56 Å². The van der Waals surface area contributed by atoms with Gasteiger partial charge in [-0.05, 0) is 36.2 Å². The number of benzene rings is 2. The second-order valence-corrected chi connectivity index (χ2v) is 8.05. The molecule has 0 saturated carbocycles. The number of methoxy groups -OCH3 is 1. The van der Waals surface area contributed by atoms with Crippen LogP contribution in [0.1, 0.15) is 12.0 Å². The Hall–Kier alpha value is -3.47. The van der Waals surface area contributed by atoms with E-state index < -0.39 is 12.6 Å². The van der Waals surface area contributed by atoms with Crippen LogP contribution in [-0.2, 0) is 27.3 Å². The summed E-state index contributed by atoms with van der Waals surface area (Å²) in [6.45, 7) is -2.45. The van der Waals surface area contributed by atoms with Crippen molar-refractivity contribution < 1.29 is 27.8 Å². The van der Waals surface area contributed by atoms with Crippen molar-refractivity contribution in [3.05, 3.63) is 64.4 Å². The Balaban J connectivity index is 1.59. The van der Waals surface area contributed by atoms with Crippen LogP contribution in [0.3, 0.4) is 0 Å². The molecular formula is C23H23F2N3O5S. The summed E-state index contributed by atoms with van der Waals surface area (Å²) in [5, 5.41) is 3.53. The number of esters is 1. The number of nitrogens with zero attached hydrogens (tertiary/aromatic N) is 2. The van der Waals surface area contributed by atoms with Crippen LogP contribution in [0.25, 0.3) is 10.9 Å². The molecule has 1 aromatic heterocycles. The number of alkyl halides is 2. The molecule has 0 fully saturated rings. The number of carbonyl (C=O) groups is 2. The Morgan fingerprint density at radius 1 is 1.15 bits per heavy atom. The smallest absolute Gasteiger partial charge is 0.387 e. The number of nitrogens with one attached hydrogen (secondary N) is 1. The van der Waals surface area contributed by atoms with E-state index >= 15 is 0 Å². The molecule has 3 rings (SSSR count). The highest BCUT2D eigenvalue weighted by atomic mass is 32.2. The average molecular weight is 492 g/mol. The summed E-state index contributed by atoms with van der Waals surface area (Å²) in [6.07, 6.45) is 0.501. The fourth-order valence-corrected chi connectivity index (χ4v) is 3.98. The third kappa shape index (κ3) is 7.01. The van der Waals surface area contributed by atoms with Crippen LogP contribution in [0.15, 0.2) is 58.5 Å². The van der Waals surface area contributed by atoms with Crippen LogP contribution < -0.4 is 15.6 Å². The lowest BCUT2D eigenvalue weighted by Gasteiger charge is -2.13. The van der Waals surface area contributed by atoms with E-state index in [1.165, 1.54) is 23.8 Å². The fraction of sp³-hybridized carbons (Fsp3) is 0.304. The van der Waals surface area contributed by atoms with Crippen molar-refractivity contribution in [3.63, 3.8) is 0 Å². The zero-order valence-electron chi connectivity index (χ0n) is 18.3. The Labute approximate surface area is 198 Å². The van der Waals surface area contributed by atoms with Crippen LogP contribution >= 0.6 is 11.8 Å². The highest BCUT2D eigenvalue weighted by Crippen LogP contribution is 2.18. The molecule has 0 unspecified atom stereocenters. The maximum Gasteiger partial charge on any atom is 0.387 e. The minimum absolute atomic E-state index is 0.00265. The van der Waals surface area contributed by atoms with Crippen LogP contribution in [0.2, 0.25) is 0 Å². The number of aromatic nitrogens is 2. The second-order valence-electron chi connectivity index (χ2n) is 7.11. The van der Waals surface area contributed by atoms with Gasteiger partial charge in [0, 0.05) is 13.1 Å². The van der Waals surface area contributed by atoms with Gasteiger partial charge in [0.05, 0.1) is 30.2 Å². The predicted molar refractivity (Wildman–Crippen MR) is 123 cm³/mol. The Morgan fingerprint density at radius 2 is 1.88 bits per heavy atom. The third-order valence-corrected chi connectivity index (χ3v) is 5.79. The number of carbonyl (C=O) groups excluding carboxylic acids is 2. The minimum atomic E-state index is -2.88. The third-order valence-electron chi connectivity index (χ3n) is 4.81. The van der Waals surface area contributed by atoms with Crippen molar-refractivity contribution in [1.82, 2.24) is 14.9 Å². The van der Waals surface area contributed by atoms with Crippen molar-refractivity contribution in [2.24, 2.45) is 0 Å². The van der Waals surface area contributed by atoms with Gasteiger partial charge in [-0.25, -0.2) is 4.98 Å². The molecule has 8 nitrogen and oxygen atoms in total. The predicted octanol–water partition coefficient (Wildman–Crippen LogP) is 3.01. The Morgan fingerprint density at radius 3 is 2.59 bits per heavy atom. The number of rotatable bonds is 11. The molecule has 0 aliphatic heterocycles. The molecule has 2 aromatic carbocycles. The van der Waals surface area contributed by atoms with Crippen molar-refractivity contribution in [2.75, 3.05) is 19.4 Å². The molecule has 180 valence electrons. The standard InChI is InChI=1S/C23H23F2N3O5S/c1-32-20(30)11-13-28-21(31)17-4-2-3-5-18(17)27-23(28)34-14-19(29)26-12-10-15-6-8-16(9-7-15)33-22(24)25/h2-9,22H,10-14H2,1H3,(H,26,29). The molecule has 34 heavy (non-hydrogen) atoms. The first-order chi connectivity index (χ1) is 16.4. The number of ether oxygens (including phenoxy) is 2. The molecule has 3 aromatic rings. The molecule has 0 atom stereocenters. The summed E-state index contributed by atoms with van der Waals surface area (Å²) >= 11 is 1.10. The van der Waals surface area contributed by atoms with Crippen LogP contribution in [0.5, 0.6) is 5.75 Å². The van der Waals surface area contributed by atoms with E-state index in [0.717, 1.165) is 17.3 Å². The zero-order chi connectivity index (χ0) is 24.5. The molecule has 1 heterocycles. The van der Waals surface area contributed by atoms with E-state index in [9.17, 15) is 23.2 Å².